The predicted octanol–water partition coefficient (Wildman–Crippen LogP) is 26.3. The normalized spacial score (nSPS) is 12.7. The van der Waals surface area contributed by atoms with E-state index >= 15 is 0 Å². The van der Waals surface area contributed by atoms with Crippen LogP contribution >= 0.6 is 0 Å². The molecule has 2 aliphatic rings. The molecule has 0 radical (unpaired) electrons. The van der Waals surface area contributed by atoms with E-state index in [9.17, 15) is 0 Å². The van der Waals surface area contributed by atoms with Gasteiger partial charge in [-0.05, 0) is 151 Å². The zero-order valence-corrected chi connectivity index (χ0v) is 81.6. The molecule has 0 amide bonds. The van der Waals surface area contributed by atoms with Crippen molar-refractivity contribution in [3.63, 3.8) is 0 Å². The Morgan fingerprint density at radius 3 is 0.884 bits per heavy atom. The van der Waals surface area contributed by atoms with E-state index < -0.39 is 0 Å². The van der Waals surface area contributed by atoms with Crippen LogP contribution < -0.4 is 0 Å². The van der Waals surface area contributed by atoms with Crippen molar-refractivity contribution in [3.8, 4) is 148 Å². The third-order valence-corrected chi connectivity index (χ3v) is 24.0. The van der Waals surface area contributed by atoms with Crippen LogP contribution in [0.2, 0.25) is 0 Å². The number of hydrogen-bond donors (Lipinski definition) is 0. The molecule has 0 fully saturated rings. The molecule has 0 aliphatic heterocycles. The number of nitrogens with zero attached hydrogens (tertiary/aromatic N) is 21. The van der Waals surface area contributed by atoms with E-state index in [0.29, 0.717) is 40.8 Å². The third kappa shape index (κ3) is 20.9. The minimum atomic E-state index is -0.206. The Bertz CT molecular complexity index is 7040. The molecule has 2 aliphatic carbocycles. The quantitative estimate of drug-likeness (QED) is 0.116. The minimum Gasteiger partial charge on any atom is -0.265 e. The van der Waals surface area contributed by atoms with Gasteiger partial charge in [0, 0.05) is 144 Å². The molecule has 11 heterocycles. The first-order valence-corrected chi connectivity index (χ1v) is 46.5. The van der Waals surface area contributed by atoms with Gasteiger partial charge in [0.25, 0.3) is 0 Å². The topological polar surface area (TPSA) is 271 Å². The van der Waals surface area contributed by atoms with Gasteiger partial charge in [-0.15, -0.1) is 0 Å². The first-order chi connectivity index (χ1) is 66.1. The van der Waals surface area contributed by atoms with Gasteiger partial charge >= 0.3 is 0 Å². The van der Waals surface area contributed by atoms with Crippen LogP contribution in [-0.4, -0.2) is 105 Å². The fourth-order valence-electron chi connectivity index (χ4n) is 16.3. The molecule has 21 rings (SSSR count). The summed E-state index contributed by atoms with van der Waals surface area (Å²) in [4.78, 5) is 96.4. The van der Waals surface area contributed by atoms with Crippen molar-refractivity contribution >= 4 is 10.8 Å². The fraction of sp³-hybridized carbons (Fsp3) is 0.222. The summed E-state index contributed by atoms with van der Waals surface area (Å²) in [6, 6.07) is 91.0. The maximum Gasteiger partial charge on any atom is 0.182 e. The number of pyridine rings is 6. The molecule has 8 aromatic carbocycles. The van der Waals surface area contributed by atoms with Crippen LogP contribution in [0.1, 0.15) is 183 Å². The van der Waals surface area contributed by atoms with Crippen LogP contribution in [0.3, 0.4) is 0 Å². The molecule has 138 heavy (non-hydrogen) atoms. The molecule has 0 spiro atoms. The lowest BCUT2D eigenvalue weighted by molar-refractivity contribution is 0.543. The fourth-order valence-corrected chi connectivity index (χ4v) is 16.3. The third-order valence-electron chi connectivity index (χ3n) is 24.0. The second kappa shape index (κ2) is 38.8. The highest BCUT2D eigenvalue weighted by Crippen LogP contribution is 2.52. The highest BCUT2D eigenvalue weighted by atomic mass is 15.1. The van der Waals surface area contributed by atoms with Crippen LogP contribution in [0.4, 0.5) is 0 Å². The van der Waals surface area contributed by atoms with E-state index in [-0.39, 0.29) is 37.9 Å². The Morgan fingerprint density at radius 1 is 0.188 bits per heavy atom. The average Bonchev–Trinajstić information content (AvgIpc) is 1.58. The molecule has 21 heteroatoms. The van der Waals surface area contributed by atoms with E-state index in [2.05, 4.69) is 382 Å². The van der Waals surface area contributed by atoms with Gasteiger partial charge in [-0.25, -0.2) is 74.8 Å². The first kappa shape index (κ1) is 93.8. The van der Waals surface area contributed by atoms with Crippen molar-refractivity contribution < 1.29 is 0 Å². The molecule has 0 atom stereocenters. The molecule has 0 unspecified atom stereocenters. The summed E-state index contributed by atoms with van der Waals surface area (Å²) in [5, 5.41) is 2.33. The van der Waals surface area contributed by atoms with Crippen LogP contribution in [-0.2, 0) is 37.9 Å². The standard InChI is InChI=1S/C34H31N3.C32H29N3.3C17H17N5/c1-33(2,3)32-36-30(24-17-15-23(16-18-24)22-11-7-6-8-12-22)35-31(37-32)25-19-20-27-26-13-9-10-14-28(26)34(4,5)29(27)21-25;1-31(2,3)30-34-28(33-29(35-30)25-15-10-12-20-11-6-7-13-22(20)25)21-17-18-24-23-14-8-9-16-26(23)32(4,5)27(24)19-21;1-17(2,3)16-21-14(12-6-4-8-18-10-12)20-15(22-16)13-7-5-9-19-11-13;1-17(2,3)16-21-14(12-8-4-6-10-18-12)20-15(22-16)13-9-5-7-11-19-13;1-17(2,3)16-21-14(12-6-9-18-10-7-12)20-15(22-16)13-5-4-8-19-11-13/h6-21H,1-5H3;6-19H,1-5H3;3*4-11H,1-3H3. The molecular formula is C117H111N21. The molecule has 11 aromatic heterocycles. The number of aromatic nitrogens is 21. The zero-order valence-electron chi connectivity index (χ0n) is 81.6. The van der Waals surface area contributed by atoms with Crippen LogP contribution in [0.5, 0.6) is 0 Å². The van der Waals surface area contributed by atoms with Gasteiger partial charge in [-0.3, -0.25) is 29.9 Å². The van der Waals surface area contributed by atoms with Crippen LogP contribution in [0, 0.1) is 0 Å². The van der Waals surface area contributed by atoms with Gasteiger partial charge in [0.2, 0.25) is 0 Å². The van der Waals surface area contributed by atoms with E-state index in [4.69, 9.17) is 29.9 Å². The summed E-state index contributed by atoms with van der Waals surface area (Å²) >= 11 is 0. The summed E-state index contributed by atoms with van der Waals surface area (Å²) in [5.41, 5.74) is 21.0. The maximum absolute atomic E-state index is 5.04. The van der Waals surface area contributed by atoms with Crippen molar-refractivity contribution in [3.05, 3.63) is 380 Å². The van der Waals surface area contributed by atoms with Crippen molar-refractivity contribution in [1.82, 2.24) is 105 Å². The van der Waals surface area contributed by atoms with E-state index in [0.717, 1.165) is 108 Å². The summed E-state index contributed by atoms with van der Waals surface area (Å²) < 4.78 is 0. The van der Waals surface area contributed by atoms with Gasteiger partial charge in [0.15, 0.2) is 58.2 Å². The summed E-state index contributed by atoms with van der Waals surface area (Å²) in [7, 11) is 0. The lowest BCUT2D eigenvalue weighted by Crippen LogP contribution is -2.18. The van der Waals surface area contributed by atoms with E-state index in [1.165, 1.54) is 61.0 Å². The van der Waals surface area contributed by atoms with Gasteiger partial charge in [-0.1, -0.05) is 314 Å². The largest absolute Gasteiger partial charge is 0.265 e. The average molecular weight is 1810 g/mol. The smallest absolute Gasteiger partial charge is 0.182 e. The molecule has 684 valence electrons. The molecule has 21 nitrogen and oxygen atoms in total. The Labute approximate surface area is 807 Å². The van der Waals surface area contributed by atoms with Gasteiger partial charge in [-0.2, -0.15) is 0 Å². The zero-order chi connectivity index (χ0) is 96.9. The Kier molecular flexibility index (Phi) is 26.3. The van der Waals surface area contributed by atoms with Crippen molar-refractivity contribution in [2.75, 3.05) is 0 Å². The Morgan fingerprint density at radius 2 is 0.486 bits per heavy atom. The molecule has 0 N–H and O–H groups in total. The monoisotopic (exact) mass is 1810 g/mol. The van der Waals surface area contributed by atoms with Gasteiger partial charge in [0.05, 0.1) is 0 Å². The second-order valence-corrected chi connectivity index (χ2v) is 40.5. The van der Waals surface area contributed by atoms with E-state index in [1.54, 1.807) is 62.0 Å². The lowest BCUT2D eigenvalue weighted by Gasteiger charge is -2.22. The van der Waals surface area contributed by atoms with Crippen molar-refractivity contribution in [1.29, 1.82) is 0 Å². The SMILES string of the molecule is CC(C)(C)c1nc(-c2ccc(-c3ccccc3)cc2)nc(-c2ccc3c(c2)C(C)(C)c2ccccc2-3)n1.CC(C)(C)c1nc(-c2ccc3c(c2)C(C)(C)c2ccccc2-3)nc(-c2cccc3ccccc23)n1.CC(C)(C)c1nc(-c2ccccn2)nc(-c2ccccn2)n1.CC(C)(C)c1nc(-c2cccnc2)nc(-c2cccnc2)n1.CC(C)(C)c1nc(-c2ccncc2)nc(-c2cccnc2)n1. The molecular weight excluding hydrogens is 1700 g/mol. The Balaban J connectivity index is 0.000000122. The minimum absolute atomic E-state index is 0.0692. The highest BCUT2D eigenvalue weighted by molar-refractivity contribution is 5.95. The summed E-state index contributed by atoms with van der Waals surface area (Å²) in [5.74, 6) is 10.4. The van der Waals surface area contributed by atoms with Crippen molar-refractivity contribution in [2.45, 2.75) is 169 Å². The van der Waals surface area contributed by atoms with Gasteiger partial charge in [0.1, 0.15) is 40.5 Å². The highest BCUT2D eigenvalue weighted by Gasteiger charge is 2.38. The van der Waals surface area contributed by atoms with E-state index in [1.807, 2.05) is 91.0 Å². The van der Waals surface area contributed by atoms with Crippen LogP contribution in [0.15, 0.2) is 329 Å². The number of fused-ring (bicyclic) bond motifs is 7. The molecule has 0 saturated carbocycles. The molecule has 19 aromatic rings. The summed E-state index contributed by atoms with van der Waals surface area (Å²) in [6.07, 6.45) is 17.4. The number of hydrogen-bond acceptors (Lipinski definition) is 21. The van der Waals surface area contributed by atoms with Gasteiger partial charge < -0.3 is 0 Å². The van der Waals surface area contributed by atoms with Crippen LogP contribution in [0.25, 0.3) is 158 Å². The summed E-state index contributed by atoms with van der Waals surface area (Å²) in [6.45, 7) is 40.9. The maximum atomic E-state index is 5.04. The lowest BCUT2D eigenvalue weighted by atomic mass is 9.82. The molecule has 0 saturated heterocycles. The number of rotatable bonds is 11. The second-order valence-electron chi connectivity index (χ2n) is 40.5. The number of benzene rings is 8. The molecule has 0 bridgehead atoms. The van der Waals surface area contributed by atoms with Crippen molar-refractivity contribution in [2.24, 2.45) is 0 Å². The Hall–Kier alpha value is -16.0. The predicted molar refractivity (Wildman–Crippen MR) is 552 cm³/mol. The first-order valence-electron chi connectivity index (χ1n) is 46.5.